The van der Waals surface area contributed by atoms with Gasteiger partial charge in [0, 0.05) is 19.7 Å². The van der Waals surface area contributed by atoms with Gasteiger partial charge in [-0.05, 0) is 6.42 Å². The molecule has 64 valence electrons. The number of hydrogen-bond donors (Lipinski definition) is 0. The predicted molar refractivity (Wildman–Crippen MR) is 41.6 cm³/mol. The van der Waals surface area contributed by atoms with E-state index in [0.717, 1.165) is 33.0 Å². The average molecular weight is 157 g/mol. The van der Waals surface area contributed by atoms with Crippen LogP contribution in [0, 0.1) is 0 Å². The maximum absolute atomic E-state index is 5.36. The summed E-state index contributed by atoms with van der Waals surface area (Å²) in [6.45, 7) is 5.97. The number of nitrogens with zero attached hydrogens (tertiary/aromatic N) is 1. The maximum atomic E-state index is 5.36. The first kappa shape index (κ1) is 7.53. The standard InChI is InChI=1S/C8H15NO2/c1-2-9(3-5-10-4-1)8-6-11-7-8/h8H,1-7H2. The molecule has 11 heavy (non-hydrogen) atoms. The molecule has 2 aliphatic rings. The van der Waals surface area contributed by atoms with Crippen LogP contribution < -0.4 is 0 Å². The molecule has 2 rings (SSSR count). The minimum atomic E-state index is 0.691. The van der Waals surface area contributed by atoms with Crippen LogP contribution in [0.2, 0.25) is 0 Å². The summed E-state index contributed by atoms with van der Waals surface area (Å²) < 4.78 is 10.5. The van der Waals surface area contributed by atoms with Gasteiger partial charge in [-0.2, -0.15) is 0 Å². The SMILES string of the molecule is C1COCCN(C2COC2)C1. The van der Waals surface area contributed by atoms with E-state index in [2.05, 4.69) is 4.90 Å². The van der Waals surface area contributed by atoms with Gasteiger partial charge in [-0.1, -0.05) is 0 Å². The summed E-state index contributed by atoms with van der Waals surface area (Å²) in [5, 5.41) is 0. The highest BCUT2D eigenvalue weighted by atomic mass is 16.5. The van der Waals surface area contributed by atoms with Crippen LogP contribution in [0.1, 0.15) is 6.42 Å². The van der Waals surface area contributed by atoms with Crippen LogP contribution in [0.5, 0.6) is 0 Å². The summed E-state index contributed by atoms with van der Waals surface area (Å²) in [5.74, 6) is 0. The van der Waals surface area contributed by atoms with Gasteiger partial charge in [0.1, 0.15) is 0 Å². The summed E-state index contributed by atoms with van der Waals surface area (Å²) in [4.78, 5) is 2.48. The molecule has 3 nitrogen and oxygen atoms in total. The van der Waals surface area contributed by atoms with Gasteiger partial charge in [-0.15, -0.1) is 0 Å². The van der Waals surface area contributed by atoms with Crippen LogP contribution in [0.3, 0.4) is 0 Å². The molecule has 0 aromatic heterocycles. The molecule has 0 saturated carbocycles. The number of ether oxygens (including phenoxy) is 2. The Labute approximate surface area is 67.3 Å². The van der Waals surface area contributed by atoms with Crippen LogP contribution in [-0.2, 0) is 9.47 Å². The lowest BCUT2D eigenvalue weighted by atomic mass is 10.2. The van der Waals surface area contributed by atoms with E-state index in [-0.39, 0.29) is 0 Å². The van der Waals surface area contributed by atoms with Crippen LogP contribution in [-0.4, -0.2) is 50.5 Å². The zero-order valence-corrected chi connectivity index (χ0v) is 6.79. The van der Waals surface area contributed by atoms with Crippen LogP contribution in [0.4, 0.5) is 0 Å². The summed E-state index contributed by atoms with van der Waals surface area (Å²) >= 11 is 0. The monoisotopic (exact) mass is 157 g/mol. The van der Waals surface area contributed by atoms with Gasteiger partial charge in [0.25, 0.3) is 0 Å². The average Bonchev–Trinajstić information content (AvgIpc) is 2.12. The molecule has 2 heterocycles. The van der Waals surface area contributed by atoms with Crippen molar-refractivity contribution in [1.82, 2.24) is 4.90 Å². The molecule has 2 fully saturated rings. The van der Waals surface area contributed by atoms with Crippen molar-refractivity contribution in [2.24, 2.45) is 0 Å². The van der Waals surface area contributed by atoms with Gasteiger partial charge in [0.05, 0.1) is 25.9 Å². The lowest BCUT2D eigenvalue weighted by Crippen LogP contribution is -2.49. The van der Waals surface area contributed by atoms with Crippen LogP contribution in [0.15, 0.2) is 0 Å². The van der Waals surface area contributed by atoms with Crippen molar-refractivity contribution in [3.05, 3.63) is 0 Å². The molecule has 2 aliphatic heterocycles. The Kier molecular flexibility index (Phi) is 2.41. The van der Waals surface area contributed by atoms with E-state index in [4.69, 9.17) is 9.47 Å². The Bertz CT molecular complexity index is 117. The van der Waals surface area contributed by atoms with Crippen LogP contribution in [0.25, 0.3) is 0 Å². The molecule has 0 amide bonds. The van der Waals surface area contributed by atoms with Crippen molar-refractivity contribution in [2.75, 3.05) is 39.5 Å². The quantitative estimate of drug-likeness (QED) is 0.539. The molecule has 0 N–H and O–H groups in total. The third-order valence-corrected chi connectivity index (χ3v) is 2.39. The fourth-order valence-corrected chi connectivity index (χ4v) is 1.56. The Morgan fingerprint density at radius 1 is 1.00 bits per heavy atom. The van der Waals surface area contributed by atoms with Gasteiger partial charge in [0.15, 0.2) is 0 Å². The van der Waals surface area contributed by atoms with Crippen molar-refractivity contribution < 1.29 is 9.47 Å². The molecule has 0 aromatic rings. The topological polar surface area (TPSA) is 21.7 Å². The molecule has 3 heteroatoms. The van der Waals surface area contributed by atoms with Gasteiger partial charge in [-0.25, -0.2) is 0 Å². The molecule has 0 aromatic carbocycles. The molecular formula is C8H15NO2. The van der Waals surface area contributed by atoms with Crippen molar-refractivity contribution in [2.45, 2.75) is 12.5 Å². The lowest BCUT2D eigenvalue weighted by molar-refractivity contribution is -0.0645. The molecule has 0 atom stereocenters. The third-order valence-electron chi connectivity index (χ3n) is 2.39. The third kappa shape index (κ3) is 1.72. The lowest BCUT2D eigenvalue weighted by Gasteiger charge is -2.36. The highest BCUT2D eigenvalue weighted by Crippen LogP contribution is 2.12. The van der Waals surface area contributed by atoms with Crippen molar-refractivity contribution in [3.8, 4) is 0 Å². The smallest absolute Gasteiger partial charge is 0.0645 e. The van der Waals surface area contributed by atoms with E-state index in [1.54, 1.807) is 0 Å². The molecule has 0 spiro atoms. The van der Waals surface area contributed by atoms with E-state index in [1.807, 2.05) is 0 Å². The minimum absolute atomic E-state index is 0.691. The van der Waals surface area contributed by atoms with Crippen molar-refractivity contribution in [1.29, 1.82) is 0 Å². The van der Waals surface area contributed by atoms with Gasteiger partial charge >= 0.3 is 0 Å². The van der Waals surface area contributed by atoms with Gasteiger partial charge in [-0.3, -0.25) is 4.90 Å². The Morgan fingerprint density at radius 2 is 1.91 bits per heavy atom. The van der Waals surface area contributed by atoms with E-state index in [1.165, 1.54) is 13.0 Å². The normalized spacial score (nSPS) is 29.5. The second kappa shape index (κ2) is 3.52. The highest BCUT2D eigenvalue weighted by Gasteiger charge is 2.25. The van der Waals surface area contributed by atoms with E-state index >= 15 is 0 Å². The Balaban J connectivity index is 1.80. The minimum Gasteiger partial charge on any atom is -0.380 e. The molecular weight excluding hydrogens is 142 g/mol. The van der Waals surface area contributed by atoms with Gasteiger partial charge < -0.3 is 9.47 Å². The number of rotatable bonds is 1. The predicted octanol–water partition coefficient (Wildman–Crippen LogP) is 0.107. The highest BCUT2D eigenvalue weighted by molar-refractivity contribution is 4.78. The fraction of sp³-hybridized carbons (Fsp3) is 1.00. The Hall–Kier alpha value is -0.120. The summed E-state index contributed by atoms with van der Waals surface area (Å²) in [6.07, 6.45) is 1.18. The summed E-state index contributed by atoms with van der Waals surface area (Å²) in [5.41, 5.74) is 0. The summed E-state index contributed by atoms with van der Waals surface area (Å²) in [6, 6.07) is 0.691. The van der Waals surface area contributed by atoms with E-state index < -0.39 is 0 Å². The van der Waals surface area contributed by atoms with Gasteiger partial charge in [0.2, 0.25) is 0 Å². The first-order valence-corrected chi connectivity index (χ1v) is 4.36. The second-order valence-electron chi connectivity index (χ2n) is 3.19. The van der Waals surface area contributed by atoms with Crippen molar-refractivity contribution >= 4 is 0 Å². The van der Waals surface area contributed by atoms with Crippen LogP contribution >= 0.6 is 0 Å². The fourth-order valence-electron chi connectivity index (χ4n) is 1.56. The molecule has 0 radical (unpaired) electrons. The largest absolute Gasteiger partial charge is 0.380 e. The zero-order valence-electron chi connectivity index (χ0n) is 6.79. The molecule has 0 bridgehead atoms. The molecule has 0 aliphatic carbocycles. The maximum Gasteiger partial charge on any atom is 0.0645 e. The van der Waals surface area contributed by atoms with E-state index in [9.17, 15) is 0 Å². The first-order chi connectivity index (χ1) is 5.47. The van der Waals surface area contributed by atoms with E-state index in [0.29, 0.717) is 6.04 Å². The second-order valence-corrected chi connectivity index (χ2v) is 3.19. The van der Waals surface area contributed by atoms with Crippen molar-refractivity contribution in [3.63, 3.8) is 0 Å². The molecule has 0 unspecified atom stereocenters. The number of hydrogen-bond acceptors (Lipinski definition) is 3. The zero-order chi connectivity index (χ0) is 7.52. The Morgan fingerprint density at radius 3 is 2.64 bits per heavy atom. The molecule has 2 saturated heterocycles. The summed E-state index contributed by atoms with van der Waals surface area (Å²) in [7, 11) is 0. The first-order valence-electron chi connectivity index (χ1n) is 4.36.